The summed E-state index contributed by atoms with van der Waals surface area (Å²) in [5.41, 5.74) is 6.79. The Morgan fingerprint density at radius 2 is 2.12 bits per heavy atom. The summed E-state index contributed by atoms with van der Waals surface area (Å²) in [7, 11) is 0. The van der Waals surface area contributed by atoms with Crippen LogP contribution in [0.25, 0.3) is 11.6 Å². The second-order valence-corrected chi connectivity index (χ2v) is 4.70. The van der Waals surface area contributed by atoms with Crippen LogP contribution in [0.2, 0.25) is 0 Å². The molecule has 5 heteroatoms. The molecule has 2 aromatic rings. The Morgan fingerprint density at radius 1 is 1.31 bits per heavy atom. The molecule has 4 nitrogen and oxygen atoms in total. The summed E-state index contributed by atoms with van der Waals surface area (Å²) in [6.07, 6.45) is 2.38. The summed E-state index contributed by atoms with van der Waals surface area (Å²) >= 11 is 3.25. The predicted molar refractivity (Wildman–Crippen MR) is 63.8 cm³/mol. The zero-order valence-corrected chi connectivity index (χ0v) is 10.1. The number of rotatable bonds is 2. The molecular weight excluding hydrogens is 270 g/mol. The summed E-state index contributed by atoms with van der Waals surface area (Å²) in [6, 6.07) is 5.49. The minimum absolute atomic E-state index is 0.499. The van der Waals surface area contributed by atoms with Gasteiger partial charge in [0.25, 0.3) is 0 Å². The first-order chi connectivity index (χ1) is 7.72. The Bertz CT molecular complexity index is 534. The molecule has 2 aromatic heterocycles. The largest absolute Gasteiger partial charge is 0.446 e. The van der Waals surface area contributed by atoms with Crippen molar-refractivity contribution in [2.45, 2.75) is 18.8 Å². The number of aromatic nitrogens is 2. The zero-order chi connectivity index (χ0) is 11.1. The van der Waals surface area contributed by atoms with Crippen LogP contribution in [0.3, 0.4) is 0 Å². The monoisotopic (exact) mass is 279 g/mol. The topological polar surface area (TPSA) is 64.9 Å². The molecule has 0 aliphatic heterocycles. The maximum absolute atomic E-state index is 5.76. The minimum Gasteiger partial charge on any atom is -0.446 e. The van der Waals surface area contributed by atoms with Gasteiger partial charge < -0.3 is 10.2 Å². The van der Waals surface area contributed by atoms with Gasteiger partial charge in [0.1, 0.15) is 5.82 Å². The van der Waals surface area contributed by atoms with Gasteiger partial charge in [-0.2, -0.15) is 0 Å². The van der Waals surface area contributed by atoms with Crippen LogP contribution in [0.5, 0.6) is 0 Å². The average molecular weight is 280 g/mol. The van der Waals surface area contributed by atoms with Crippen LogP contribution in [0.15, 0.2) is 27.3 Å². The van der Waals surface area contributed by atoms with Crippen molar-refractivity contribution in [2.75, 3.05) is 5.73 Å². The van der Waals surface area contributed by atoms with Gasteiger partial charge in [-0.3, -0.25) is 0 Å². The molecule has 1 aliphatic rings. The SMILES string of the molecule is Nc1cc(C2CC2)nc(-c2ccc(Br)o2)n1. The quantitative estimate of drug-likeness (QED) is 0.918. The van der Waals surface area contributed by atoms with Crippen LogP contribution in [-0.4, -0.2) is 9.97 Å². The van der Waals surface area contributed by atoms with Crippen molar-refractivity contribution in [1.82, 2.24) is 9.97 Å². The smallest absolute Gasteiger partial charge is 0.197 e. The number of halogens is 1. The van der Waals surface area contributed by atoms with E-state index < -0.39 is 0 Å². The Labute approximate surface area is 101 Å². The highest BCUT2D eigenvalue weighted by atomic mass is 79.9. The first kappa shape index (κ1) is 9.84. The van der Waals surface area contributed by atoms with E-state index in [9.17, 15) is 0 Å². The summed E-state index contributed by atoms with van der Waals surface area (Å²) in [5.74, 6) is 2.26. The van der Waals surface area contributed by atoms with E-state index in [-0.39, 0.29) is 0 Å². The molecule has 0 saturated heterocycles. The van der Waals surface area contributed by atoms with E-state index in [4.69, 9.17) is 10.2 Å². The third-order valence-electron chi connectivity index (χ3n) is 2.55. The Balaban J connectivity index is 2.06. The van der Waals surface area contributed by atoms with Crippen molar-refractivity contribution in [3.8, 4) is 11.6 Å². The van der Waals surface area contributed by atoms with E-state index in [1.54, 1.807) is 0 Å². The standard InChI is InChI=1S/C11H10BrN3O/c12-9-4-3-8(16-9)11-14-7(6-1-2-6)5-10(13)15-11/h3-6H,1-2H2,(H2,13,14,15). The average Bonchev–Trinajstić information content (AvgIpc) is 3.01. The fourth-order valence-electron chi connectivity index (χ4n) is 1.62. The van der Waals surface area contributed by atoms with Crippen molar-refractivity contribution in [3.63, 3.8) is 0 Å². The first-order valence-electron chi connectivity index (χ1n) is 5.12. The Morgan fingerprint density at radius 3 is 2.75 bits per heavy atom. The van der Waals surface area contributed by atoms with Crippen molar-refractivity contribution >= 4 is 21.7 Å². The molecule has 16 heavy (non-hydrogen) atoms. The molecule has 1 saturated carbocycles. The van der Waals surface area contributed by atoms with Crippen molar-refractivity contribution < 1.29 is 4.42 Å². The lowest BCUT2D eigenvalue weighted by Gasteiger charge is -2.02. The fraction of sp³-hybridized carbons (Fsp3) is 0.273. The molecule has 2 N–H and O–H groups in total. The number of anilines is 1. The molecule has 0 atom stereocenters. The molecule has 82 valence electrons. The number of nitrogens with two attached hydrogens (primary N) is 1. The molecule has 0 bridgehead atoms. The maximum atomic E-state index is 5.76. The lowest BCUT2D eigenvalue weighted by Crippen LogP contribution is -1.98. The van der Waals surface area contributed by atoms with Gasteiger partial charge in [0.15, 0.2) is 16.3 Å². The van der Waals surface area contributed by atoms with Crippen LogP contribution in [0.1, 0.15) is 24.5 Å². The number of nitrogens with zero attached hydrogens (tertiary/aromatic N) is 2. The van der Waals surface area contributed by atoms with E-state index >= 15 is 0 Å². The Kier molecular flexibility index (Phi) is 2.21. The van der Waals surface area contributed by atoms with Crippen LogP contribution in [0.4, 0.5) is 5.82 Å². The van der Waals surface area contributed by atoms with Gasteiger partial charge in [-0.15, -0.1) is 0 Å². The van der Waals surface area contributed by atoms with Crippen molar-refractivity contribution in [1.29, 1.82) is 0 Å². The molecule has 0 spiro atoms. The molecule has 0 radical (unpaired) electrons. The van der Waals surface area contributed by atoms with Crippen molar-refractivity contribution in [2.24, 2.45) is 0 Å². The summed E-state index contributed by atoms with van der Waals surface area (Å²) < 4.78 is 6.08. The predicted octanol–water partition coefficient (Wildman–Crippen LogP) is 2.96. The van der Waals surface area contributed by atoms with Gasteiger partial charge in [0.05, 0.1) is 0 Å². The van der Waals surface area contributed by atoms with Gasteiger partial charge in [-0.25, -0.2) is 9.97 Å². The number of nitrogen functional groups attached to an aromatic ring is 1. The van der Waals surface area contributed by atoms with Crippen LogP contribution in [0, 0.1) is 0 Å². The zero-order valence-electron chi connectivity index (χ0n) is 8.48. The highest BCUT2D eigenvalue weighted by Crippen LogP contribution is 2.40. The molecule has 0 unspecified atom stereocenters. The van der Waals surface area contributed by atoms with E-state index in [0.717, 1.165) is 5.69 Å². The summed E-state index contributed by atoms with van der Waals surface area (Å²) in [5, 5.41) is 0. The second kappa shape index (κ2) is 3.59. The lowest BCUT2D eigenvalue weighted by molar-refractivity contribution is 0.551. The van der Waals surface area contributed by atoms with E-state index in [2.05, 4.69) is 25.9 Å². The summed E-state index contributed by atoms with van der Waals surface area (Å²) in [6.45, 7) is 0. The van der Waals surface area contributed by atoms with Gasteiger partial charge in [-0.1, -0.05) is 0 Å². The third kappa shape index (κ3) is 1.82. The Hall–Kier alpha value is -1.36. The van der Waals surface area contributed by atoms with Crippen LogP contribution < -0.4 is 5.73 Å². The number of furan rings is 1. The molecule has 1 aliphatic carbocycles. The molecule has 0 aromatic carbocycles. The van der Waals surface area contributed by atoms with Crippen molar-refractivity contribution in [3.05, 3.63) is 28.6 Å². The van der Waals surface area contributed by atoms with Gasteiger partial charge in [-0.05, 0) is 40.9 Å². The van der Waals surface area contributed by atoms with E-state index in [0.29, 0.717) is 28.0 Å². The molecule has 2 heterocycles. The van der Waals surface area contributed by atoms with Gasteiger partial charge >= 0.3 is 0 Å². The molecule has 1 fully saturated rings. The van der Waals surface area contributed by atoms with Crippen LogP contribution in [-0.2, 0) is 0 Å². The minimum atomic E-state index is 0.499. The number of hydrogen-bond acceptors (Lipinski definition) is 4. The number of hydrogen-bond donors (Lipinski definition) is 1. The maximum Gasteiger partial charge on any atom is 0.197 e. The molecule has 3 rings (SSSR count). The molecular formula is C11H10BrN3O. The van der Waals surface area contributed by atoms with Gasteiger partial charge in [0, 0.05) is 17.7 Å². The lowest BCUT2D eigenvalue weighted by atomic mass is 10.2. The fourth-order valence-corrected chi connectivity index (χ4v) is 1.93. The van der Waals surface area contributed by atoms with Crippen LogP contribution >= 0.6 is 15.9 Å². The molecule has 0 amide bonds. The highest BCUT2D eigenvalue weighted by Gasteiger charge is 2.26. The third-order valence-corrected chi connectivity index (χ3v) is 2.98. The van der Waals surface area contributed by atoms with Gasteiger partial charge in [0.2, 0.25) is 0 Å². The summed E-state index contributed by atoms with van der Waals surface area (Å²) in [4.78, 5) is 8.65. The second-order valence-electron chi connectivity index (χ2n) is 3.92. The normalized spacial score (nSPS) is 15.3. The van der Waals surface area contributed by atoms with E-state index in [1.807, 2.05) is 18.2 Å². The first-order valence-corrected chi connectivity index (χ1v) is 5.92. The van der Waals surface area contributed by atoms with E-state index in [1.165, 1.54) is 12.8 Å². The highest BCUT2D eigenvalue weighted by molar-refractivity contribution is 9.10.